The SMILES string of the molecule is COc1ccc(C(O)Cc2ccccc2F)cc1C. The van der Waals surface area contributed by atoms with E-state index >= 15 is 0 Å². The van der Waals surface area contributed by atoms with E-state index < -0.39 is 6.10 Å². The van der Waals surface area contributed by atoms with Gasteiger partial charge in [0.1, 0.15) is 11.6 Å². The van der Waals surface area contributed by atoms with Crippen LogP contribution in [0.5, 0.6) is 5.75 Å². The van der Waals surface area contributed by atoms with E-state index in [2.05, 4.69) is 0 Å². The van der Waals surface area contributed by atoms with Crippen LogP contribution in [0, 0.1) is 12.7 Å². The Kier molecular flexibility index (Phi) is 4.17. The molecular weight excluding hydrogens is 243 g/mol. The molecular formula is C16H17FO2. The van der Waals surface area contributed by atoms with Gasteiger partial charge in [0.25, 0.3) is 0 Å². The Morgan fingerprint density at radius 3 is 2.58 bits per heavy atom. The molecule has 0 spiro atoms. The van der Waals surface area contributed by atoms with Crippen LogP contribution < -0.4 is 4.74 Å². The zero-order valence-corrected chi connectivity index (χ0v) is 11.1. The molecule has 0 amide bonds. The summed E-state index contributed by atoms with van der Waals surface area (Å²) in [5, 5.41) is 10.2. The largest absolute Gasteiger partial charge is 0.496 e. The first-order valence-corrected chi connectivity index (χ1v) is 6.18. The maximum atomic E-state index is 13.5. The Morgan fingerprint density at radius 1 is 1.21 bits per heavy atom. The number of hydrogen-bond donors (Lipinski definition) is 1. The summed E-state index contributed by atoms with van der Waals surface area (Å²) in [7, 11) is 1.61. The van der Waals surface area contributed by atoms with Crippen molar-refractivity contribution in [2.75, 3.05) is 7.11 Å². The lowest BCUT2D eigenvalue weighted by Gasteiger charge is -2.14. The molecule has 0 aromatic heterocycles. The molecule has 0 saturated heterocycles. The first-order chi connectivity index (χ1) is 9.11. The first kappa shape index (κ1) is 13.6. The highest BCUT2D eigenvalue weighted by atomic mass is 19.1. The summed E-state index contributed by atoms with van der Waals surface area (Å²) < 4.78 is 18.7. The molecule has 0 fully saturated rings. The van der Waals surface area contributed by atoms with Crippen LogP contribution in [0.1, 0.15) is 22.8 Å². The molecule has 0 aliphatic carbocycles. The van der Waals surface area contributed by atoms with Crippen molar-refractivity contribution in [1.82, 2.24) is 0 Å². The van der Waals surface area contributed by atoms with Crippen molar-refractivity contribution in [2.45, 2.75) is 19.4 Å². The zero-order chi connectivity index (χ0) is 13.8. The highest BCUT2D eigenvalue weighted by molar-refractivity contribution is 5.37. The normalized spacial score (nSPS) is 12.2. The summed E-state index contributed by atoms with van der Waals surface area (Å²) >= 11 is 0. The average Bonchev–Trinajstić information content (AvgIpc) is 2.41. The molecule has 2 rings (SSSR count). The number of ether oxygens (including phenoxy) is 1. The van der Waals surface area contributed by atoms with Gasteiger partial charge in [-0.25, -0.2) is 4.39 Å². The summed E-state index contributed by atoms with van der Waals surface area (Å²) in [5.41, 5.74) is 2.23. The minimum Gasteiger partial charge on any atom is -0.496 e. The number of aliphatic hydroxyl groups excluding tert-OH is 1. The highest BCUT2D eigenvalue weighted by Gasteiger charge is 2.12. The Labute approximate surface area is 112 Å². The van der Waals surface area contributed by atoms with Crippen LogP contribution in [0.4, 0.5) is 4.39 Å². The van der Waals surface area contributed by atoms with Gasteiger partial charge in [-0.15, -0.1) is 0 Å². The molecule has 1 N–H and O–H groups in total. The van der Waals surface area contributed by atoms with Crippen molar-refractivity contribution in [2.24, 2.45) is 0 Å². The molecule has 2 aromatic carbocycles. The third-order valence-electron chi connectivity index (χ3n) is 3.17. The van der Waals surface area contributed by atoms with Crippen molar-refractivity contribution in [1.29, 1.82) is 0 Å². The molecule has 19 heavy (non-hydrogen) atoms. The third kappa shape index (κ3) is 3.12. The van der Waals surface area contributed by atoms with E-state index in [9.17, 15) is 9.50 Å². The second-order valence-electron chi connectivity index (χ2n) is 4.54. The van der Waals surface area contributed by atoms with E-state index in [0.717, 1.165) is 16.9 Å². The number of hydrogen-bond acceptors (Lipinski definition) is 2. The quantitative estimate of drug-likeness (QED) is 0.912. The number of rotatable bonds is 4. The molecule has 2 aromatic rings. The van der Waals surface area contributed by atoms with Gasteiger partial charge in [-0.2, -0.15) is 0 Å². The highest BCUT2D eigenvalue weighted by Crippen LogP contribution is 2.25. The van der Waals surface area contributed by atoms with Gasteiger partial charge >= 0.3 is 0 Å². The molecule has 0 bridgehead atoms. The van der Waals surface area contributed by atoms with Gasteiger partial charge in [0.2, 0.25) is 0 Å². The van der Waals surface area contributed by atoms with Crippen LogP contribution in [0.25, 0.3) is 0 Å². The van der Waals surface area contributed by atoms with Crippen molar-refractivity contribution in [3.8, 4) is 5.75 Å². The minimum absolute atomic E-state index is 0.262. The Bertz CT molecular complexity index is 566. The van der Waals surface area contributed by atoms with E-state index in [4.69, 9.17) is 4.74 Å². The molecule has 3 heteroatoms. The summed E-state index contributed by atoms with van der Waals surface area (Å²) in [4.78, 5) is 0. The summed E-state index contributed by atoms with van der Waals surface area (Å²) in [5.74, 6) is 0.494. The average molecular weight is 260 g/mol. The van der Waals surface area contributed by atoms with E-state index in [-0.39, 0.29) is 12.2 Å². The van der Waals surface area contributed by atoms with Crippen molar-refractivity contribution >= 4 is 0 Å². The van der Waals surface area contributed by atoms with E-state index in [1.54, 1.807) is 31.4 Å². The summed E-state index contributed by atoms with van der Waals surface area (Å²) in [6.45, 7) is 1.91. The van der Waals surface area contributed by atoms with Crippen molar-refractivity contribution in [3.05, 3.63) is 65.0 Å². The Balaban J connectivity index is 2.18. The third-order valence-corrected chi connectivity index (χ3v) is 3.17. The van der Waals surface area contributed by atoms with Gasteiger partial charge in [-0.05, 0) is 41.8 Å². The number of aliphatic hydroxyl groups is 1. The first-order valence-electron chi connectivity index (χ1n) is 6.18. The van der Waals surface area contributed by atoms with Gasteiger partial charge < -0.3 is 9.84 Å². The van der Waals surface area contributed by atoms with E-state index in [1.807, 2.05) is 19.1 Å². The number of benzene rings is 2. The Hall–Kier alpha value is -1.87. The second-order valence-corrected chi connectivity index (χ2v) is 4.54. The number of methoxy groups -OCH3 is 1. The monoisotopic (exact) mass is 260 g/mol. The Morgan fingerprint density at radius 2 is 1.95 bits per heavy atom. The fourth-order valence-corrected chi connectivity index (χ4v) is 2.10. The second kappa shape index (κ2) is 5.85. The minimum atomic E-state index is -0.721. The maximum absolute atomic E-state index is 13.5. The number of aryl methyl sites for hydroxylation is 1. The lowest BCUT2D eigenvalue weighted by atomic mass is 9.99. The summed E-state index contributed by atoms with van der Waals surface area (Å²) in [6, 6.07) is 12.0. The van der Waals surface area contributed by atoms with Crippen LogP contribution in [0.15, 0.2) is 42.5 Å². The topological polar surface area (TPSA) is 29.5 Å². The van der Waals surface area contributed by atoms with Crippen LogP contribution in [0.2, 0.25) is 0 Å². The molecule has 0 radical (unpaired) electrons. The maximum Gasteiger partial charge on any atom is 0.126 e. The van der Waals surface area contributed by atoms with Gasteiger partial charge in [0.15, 0.2) is 0 Å². The van der Waals surface area contributed by atoms with Gasteiger partial charge in [0, 0.05) is 6.42 Å². The summed E-state index contributed by atoms with van der Waals surface area (Å²) in [6.07, 6.45) is -0.458. The lowest BCUT2D eigenvalue weighted by Crippen LogP contribution is -2.04. The zero-order valence-electron chi connectivity index (χ0n) is 11.1. The molecule has 1 atom stereocenters. The van der Waals surface area contributed by atoms with Crippen LogP contribution in [0.3, 0.4) is 0 Å². The predicted molar refractivity (Wildman–Crippen MR) is 72.8 cm³/mol. The van der Waals surface area contributed by atoms with Gasteiger partial charge in [-0.1, -0.05) is 24.3 Å². The molecule has 0 saturated carbocycles. The lowest BCUT2D eigenvalue weighted by molar-refractivity contribution is 0.177. The standard InChI is InChI=1S/C16H17FO2/c1-11-9-13(7-8-16(11)19-2)15(18)10-12-5-3-4-6-14(12)17/h3-9,15,18H,10H2,1-2H3. The van der Waals surface area contributed by atoms with E-state index in [1.165, 1.54) is 6.07 Å². The predicted octanol–water partition coefficient (Wildman–Crippen LogP) is 3.42. The molecule has 2 nitrogen and oxygen atoms in total. The van der Waals surface area contributed by atoms with Crippen molar-refractivity contribution in [3.63, 3.8) is 0 Å². The van der Waals surface area contributed by atoms with Crippen LogP contribution in [-0.2, 0) is 6.42 Å². The van der Waals surface area contributed by atoms with Gasteiger partial charge in [-0.3, -0.25) is 0 Å². The van der Waals surface area contributed by atoms with Crippen LogP contribution in [-0.4, -0.2) is 12.2 Å². The smallest absolute Gasteiger partial charge is 0.126 e. The van der Waals surface area contributed by atoms with Crippen molar-refractivity contribution < 1.29 is 14.2 Å². The molecule has 1 unspecified atom stereocenters. The van der Waals surface area contributed by atoms with E-state index in [0.29, 0.717) is 5.56 Å². The fourth-order valence-electron chi connectivity index (χ4n) is 2.10. The van der Waals surface area contributed by atoms with Crippen LogP contribution >= 0.6 is 0 Å². The molecule has 0 aliphatic heterocycles. The molecule has 100 valence electrons. The molecule has 0 heterocycles. The fraction of sp³-hybridized carbons (Fsp3) is 0.250. The van der Waals surface area contributed by atoms with Gasteiger partial charge in [0.05, 0.1) is 13.2 Å². The number of halogens is 1. The molecule has 0 aliphatic rings.